The van der Waals surface area contributed by atoms with Crippen molar-refractivity contribution in [1.82, 2.24) is 5.32 Å². The minimum atomic E-state index is 0. The molecule has 0 aromatic heterocycles. The molecule has 2 rings (SSSR count). The molecule has 2 nitrogen and oxygen atoms in total. The zero-order valence-electron chi connectivity index (χ0n) is 8.03. The Morgan fingerprint density at radius 2 is 1.93 bits per heavy atom. The van der Waals surface area contributed by atoms with Gasteiger partial charge in [-0.15, -0.1) is 24.2 Å². The summed E-state index contributed by atoms with van der Waals surface area (Å²) in [6.45, 7) is 2.27. The second kappa shape index (κ2) is 5.49. The first-order chi connectivity index (χ1) is 6.38. The third-order valence-corrected chi connectivity index (χ3v) is 3.32. The van der Waals surface area contributed by atoms with E-state index in [4.69, 9.17) is 4.74 Å². The lowest BCUT2D eigenvalue weighted by atomic mass is 10.3. The van der Waals surface area contributed by atoms with Crippen LogP contribution in [0.4, 0.5) is 0 Å². The summed E-state index contributed by atoms with van der Waals surface area (Å²) in [6.07, 6.45) is 0. The highest BCUT2D eigenvalue weighted by Crippen LogP contribution is 2.26. The molecule has 4 heteroatoms. The lowest BCUT2D eigenvalue weighted by Gasteiger charge is -2.26. The third kappa shape index (κ3) is 2.80. The van der Waals surface area contributed by atoms with Crippen LogP contribution in [0.15, 0.2) is 29.2 Å². The molecule has 0 spiro atoms. The average Bonchev–Trinajstić information content (AvgIpc) is 2.12. The Morgan fingerprint density at radius 1 is 1.29 bits per heavy atom. The molecule has 1 aromatic carbocycles. The van der Waals surface area contributed by atoms with E-state index < -0.39 is 0 Å². The molecule has 1 aliphatic heterocycles. The van der Waals surface area contributed by atoms with E-state index in [1.807, 2.05) is 23.9 Å². The monoisotopic (exact) mass is 231 g/mol. The van der Waals surface area contributed by atoms with Gasteiger partial charge in [0, 0.05) is 23.2 Å². The molecule has 0 atom stereocenters. The highest BCUT2D eigenvalue weighted by atomic mass is 35.5. The Kier molecular flexibility index (Phi) is 4.58. The molecule has 1 aliphatic rings. The molecule has 1 N–H and O–H groups in total. The van der Waals surface area contributed by atoms with E-state index >= 15 is 0 Å². The van der Waals surface area contributed by atoms with Gasteiger partial charge in [-0.25, -0.2) is 0 Å². The molecular weight excluding hydrogens is 218 g/mol. The lowest BCUT2D eigenvalue weighted by molar-refractivity contribution is 0.414. The smallest absolute Gasteiger partial charge is 0.118 e. The first kappa shape index (κ1) is 11.7. The van der Waals surface area contributed by atoms with Gasteiger partial charge in [-0.1, -0.05) is 0 Å². The molecule has 0 aliphatic carbocycles. The van der Waals surface area contributed by atoms with Gasteiger partial charge in [-0.2, -0.15) is 0 Å². The van der Waals surface area contributed by atoms with E-state index in [0.29, 0.717) is 0 Å². The number of hydrogen-bond donors (Lipinski definition) is 1. The predicted molar refractivity (Wildman–Crippen MR) is 62.8 cm³/mol. The summed E-state index contributed by atoms with van der Waals surface area (Å²) in [5.41, 5.74) is 0. The first-order valence-electron chi connectivity index (χ1n) is 4.40. The fourth-order valence-corrected chi connectivity index (χ4v) is 2.27. The van der Waals surface area contributed by atoms with Gasteiger partial charge in [0.05, 0.1) is 7.11 Å². The maximum atomic E-state index is 5.09. The number of halogens is 1. The first-order valence-corrected chi connectivity index (χ1v) is 5.28. The highest BCUT2D eigenvalue weighted by molar-refractivity contribution is 8.00. The van der Waals surface area contributed by atoms with Crippen LogP contribution >= 0.6 is 24.2 Å². The maximum Gasteiger partial charge on any atom is 0.118 e. The van der Waals surface area contributed by atoms with Crippen molar-refractivity contribution in [3.05, 3.63) is 24.3 Å². The number of methoxy groups -OCH3 is 1. The van der Waals surface area contributed by atoms with Gasteiger partial charge in [0.25, 0.3) is 0 Å². The molecule has 14 heavy (non-hydrogen) atoms. The number of rotatable bonds is 3. The largest absolute Gasteiger partial charge is 0.497 e. The summed E-state index contributed by atoms with van der Waals surface area (Å²) in [6, 6.07) is 8.24. The number of ether oxygens (including phenoxy) is 1. The number of thioether (sulfide) groups is 1. The van der Waals surface area contributed by atoms with Crippen molar-refractivity contribution in [2.75, 3.05) is 20.2 Å². The van der Waals surface area contributed by atoms with Gasteiger partial charge < -0.3 is 10.1 Å². The van der Waals surface area contributed by atoms with Crippen molar-refractivity contribution < 1.29 is 4.74 Å². The summed E-state index contributed by atoms with van der Waals surface area (Å²) >= 11 is 1.93. The predicted octanol–water partition coefficient (Wildman–Crippen LogP) is 2.18. The zero-order valence-corrected chi connectivity index (χ0v) is 9.66. The molecule has 0 radical (unpaired) electrons. The van der Waals surface area contributed by atoms with Crippen molar-refractivity contribution in [3.63, 3.8) is 0 Å². The summed E-state index contributed by atoms with van der Waals surface area (Å²) in [4.78, 5) is 1.33. The molecule has 0 amide bonds. The summed E-state index contributed by atoms with van der Waals surface area (Å²) in [5.74, 6) is 0.927. The van der Waals surface area contributed by atoms with Gasteiger partial charge in [-0.05, 0) is 24.3 Å². The van der Waals surface area contributed by atoms with E-state index in [9.17, 15) is 0 Å². The van der Waals surface area contributed by atoms with Crippen LogP contribution < -0.4 is 10.1 Å². The van der Waals surface area contributed by atoms with Gasteiger partial charge in [0.2, 0.25) is 0 Å². The normalized spacial score (nSPS) is 15.5. The Bertz CT molecular complexity index is 274. The van der Waals surface area contributed by atoms with E-state index in [1.165, 1.54) is 4.90 Å². The second-order valence-electron chi connectivity index (χ2n) is 3.07. The summed E-state index contributed by atoms with van der Waals surface area (Å²) in [7, 11) is 1.69. The summed E-state index contributed by atoms with van der Waals surface area (Å²) < 4.78 is 5.09. The standard InChI is InChI=1S/C10H13NOS.ClH/c1-12-8-2-4-9(5-3-8)13-10-6-11-7-10;/h2-5,10-11H,6-7H2,1H3;1H. The molecule has 1 fully saturated rings. The fourth-order valence-electron chi connectivity index (χ4n) is 1.19. The molecule has 0 unspecified atom stereocenters. The third-order valence-electron chi connectivity index (χ3n) is 2.11. The molecule has 78 valence electrons. The minimum absolute atomic E-state index is 0. The quantitative estimate of drug-likeness (QED) is 0.862. The van der Waals surface area contributed by atoms with Crippen LogP contribution in [0, 0.1) is 0 Å². The van der Waals surface area contributed by atoms with E-state index in [-0.39, 0.29) is 12.4 Å². The van der Waals surface area contributed by atoms with Crippen molar-refractivity contribution in [2.45, 2.75) is 10.1 Å². The second-order valence-corrected chi connectivity index (χ2v) is 4.45. The average molecular weight is 232 g/mol. The van der Waals surface area contributed by atoms with Gasteiger partial charge in [0.15, 0.2) is 0 Å². The van der Waals surface area contributed by atoms with Crippen LogP contribution in [-0.4, -0.2) is 25.4 Å². The van der Waals surface area contributed by atoms with Crippen LogP contribution in [0.1, 0.15) is 0 Å². The topological polar surface area (TPSA) is 21.3 Å². The SMILES string of the molecule is COc1ccc(SC2CNC2)cc1.Cl. The molecule has 1 saturated heterocycles. The number of benzene rings is 1. The Morgan fingerprint density at radius 3 is 2.36 bits per heavy atom. The van der Waals surface area contributed by atoms with Crippen molar-refractivity contribution in [1.29, 1.82) is 0 Å². The van der Waals surface area contributed by atoms with Gasteiger partial charge >= 0.3 is 0 Å². The van der Waals surface area contributed by atoms with E-state index in [1.54, 1.807) is 7.11 Å². The molecule has 0 bridgehead atoms. The Balaban J connectivity index is 0.000000980. The molecule has 1 aromatic rings. The van der Waals surface area contributed by atoms with E-state index in [2.05, 4.69) is 17.4 Å². The van der Waals surface area contributed by atoms with Crippen molar-refractivity contribution in [2.24, 2.45) is 0 Å². The van der Waals surface area contributed by atoms with Gasteiger partial charge in [-0.3, -0.25) is 0 Å². The highest BCUT2D eigenvalue weighted by Gasteiger charge is 2.17. The molecular formula is C10H14ClNOS. The van der Waals surface area contributed by atoms with E-state index in [0.717, 1.165) is 24.1 Å². The van der Waals surface area contributed by atoms with Crippen molar-refractivity contribution in [3.8, 4) is 5.75 Å². The van der Waals surface area contributed by atoms with Crippen LogP contribution in [0.3, 0.4) is 0 Å². The Labute approximate surface area is 94.8 Å². The van der Waals surface area contributed by atoms with Crippen LogP contribution in [0.5, 0.6) is 5.75 Å². The number of hydrogen-bond acceptors (Lipinski definition) is 3. The van der Waals surface area contributed by atoms with Crippen molar-refractivity contribution >= 4 is 24.2 Å². The maximum absolute atomic E-state index is 5.09. The minimum Gasteiger partial charge on any atom is -0.497 e. The van der Waals surface area contributed by atoms with Crippen LogP contribution in [-0.2, 0) is 0 Å². The Hall–Kier alpha value is -0.380. The van der Waals surface area contributed by atoms with Crippen LogP contribution in [0.25, 0.3) is 0 Å². The zero-order chi connectivity index (χ0) is 9.10. The van der Waals surface area contributed by atoms with Crippen LogP contribution in [0.2, 0.25) is 0 Å². The number of nitrogens with one attached hydrogen (secondary N) is 1. The lowest BCUT2D eigenvalue weighted by Crippen LogP contribution is -2.44. The molecule has 1 heterocycles. The molecule has 0 saturated carbocycles. The fraction of sp³-hybridized carbons (Fsp3) is 0.400. The van der Waals surface area contributed by atoms with Gasteiger partial charge in [0.1, 0.15) is 5.75 Å². The summed E-state index contributed by atoms with van der Waals surface area (Å²) in [5, 5.41) is 4.02.